The Balaban J connectivity index is 2.04. The molecule has 0 saturated carbocycles. The summed E-state index contributed by atoms with van der Waals surface area (Å²) < 4.78 is 29.4. The van der Waals surface area contributed by atoms with Crippen molar-refractivity contribution in [3.63, 3.8) is 0 Å². The van der Waals surface area contributed by atoms with E-state index in [4.69, 9.17) is 0 Å². The first-order valence-electron chi connectivity index (χ1n) is 7.50. The van der Waals surface area contributed by atoms with Gasteiger partial charge in [-0.2, -0.15) is 4.31 Å². The Morgan fingerprint density at radius 2 is 1.86 bits per heavy atom. The molecule has 0 amide bonds. The molecule has 2 aromatic heterocycles. The van der Waals surface area contributed by atoms with Crippen molar-refractivity contribution < 1.29 is 8.42 Å². The minimum absolute atomic E-state index is 0.416. The Kier molecular flexibility index (Phi) is 4.13. The van der Waals surface area contributed by atoms with Crippen LogP contribution in [-0.4, -0.2) is 35.4 Å². The highest BCUT2D eigenvalue weighted by atomic mass is 32.2. The van der Waals surface area contributed by atoms with Crippen LogP contribution in [0.2, 0.25) is 0 Å². The van der Waals surface area contributed by atoms with Crippen LogP contribution < -0.4 is 0 Å². The zero-order valence-corrected chi connectivity index (χ0v) is 14.8. The van der Waals surface area contributed by atoms with E-state index in [9.17, 15) is 8.42 Å². The molecule has 0 aromatic carbocycles. The Bertz CT molecular complexity index is 784. The van der Waals surface area contributed by atoms with Crippen molar-refractivity contribution >= 4 is 21.4 Å². The second kappa shape index (κ2) is 5.79. The van der Waals surface area contributed by atoms with Gasteiger partial charge in [-0.3, -0.25) is 0 Å². The van der Waals surface area contributed by atoms with Gasteiger partial charge in [0, 0.05) is 36.9 Å². The van der Waals surface area contributed by atoms with Gasteiger partial charge >= 0.3 is 0 Å². The lowest BCUT2D eigenvalue weighted by Crippen LogP contribution is -2.35. The summed E-state index contributed by atoms with van der Waals surface area (Å²) >= 11 is 1.54. The molecule has 0 spiro atoms. The number of rotatable bonds is 3. The largest absolute Gasteiger partial charge is 0.345 e. The second-order valence-corrected chi connectivity index (χ2v) is 8.56. The van der Waals surface area contributed by atoms with E-state index in [2.05, 4.69) is 4.98 Å². The van der Waals surface area contributed by atoms with Crippen LogP contribution in [0.25, 0.3) is 10.7 Å². The first-order chi connectivity index (χ1) is 10.4. The maximum atomic E-state index is 12.9. The van der Waals surface area contributed by atoms with Crippen LogP contribution in [0, 0.1) is 13.8 Å². The van der Waals surface area contributed by atoms with Gasteiger partial charge in [0.1, 0.15) is 9.90 Å². The van der Waals surface area contributed by atoms with Crippen LogP contribution in [0.5, 0.6) is 0 Å². The third-order valence-electron chi connectivity index (χ3n) is 4.26. The fraction of sp³-hybridized carbons (Fsp3) is 0.533. The zero-order chi connectivity index (χ0) is 15.9. The van der Waals surface area contributed by atoms with E-state index in [1.165, 1.54) is 0 Å². The van der Waals surface area contributed by atoms with Crippen molar-refractivity contribution in [1.82, 2.24) is 13.9 Å². The quantitative estimate of drug-likeness (QED) is 0.864. The van der Waals surface area contributed by atoms with Gasteiger partial charge in [-0.1, -0.05) is 6.42 Å². The Labute approximate surface area is 135 Å². The summed E-state index contributed by atoms with van der Waals surface area (Å²) in [6.45, 7) is 5.06. The van der Waals surface area contributed by atoms with Crippen molar-refractivity contribution in [1.29, 1.82) is 0 Å². The van der Waals surface area contributed by atoms with Crippen LogP contribution in [0.3, 0.4) is 0 Å². The monoisotopic (exact) mass is 339 g/mol. The molecule has 5 nitrogen and oxygen atoms in total. The van der Waals surface area contributed by atoms with Gasteiger partial charge < -0.3 is 4.57 Å². The molecule has 3 heterocycles. The summed E-state index contributed by atoms with van der Waals surface area (Å²) in [7, 11) is -1.51. The molecule has 1 aliphatic rings. The molecule has 1 saturated heterocycles. The van der Waals surface area contributed by atoms with Crippen LogP contribution in [0.1, 0.15) is 30.7 Å². The van der Waals surface area contributed by atoms with Crippen LogP contribution in [0.4, 0.5) is 0 Å². The standard InChI is InChI=1S/C15H21N3O2S2/c1-11-10-21-15(16-11)13-9-14(12(2)17(13)3)22(19,20)18-7-5-4-6-8-18/h9-10H,4-8H2,1-3H3. The van der Waals surface area contributed by atoms with Crippen molar-refractivity contribution in [2.24, 2.45) is 7.05 Å². The number of hydrogen-bond donors (Lipinski definition) is 0. The van der Waals surface area contributed by atoms with E-state index in [0.29, 0.717) is 18.0 Å². The van der Waals surface area contributed by atoms with Crippen molar-refractivity contribution in [2.75, 3.05) is 13.1 Å². The van der Waals surface area contributed by atoms with E-state index in [1.807, 2.05) is 30.8 Å². The fourth-order valence-electron chi connectivity index (χ4n) is 2.85. The molecule has 22 heavy (non-hydrogen) atoms. The van der Waals surface area contributed by atoms with E-state index in [-0.39, 0.29) is 0 Å². The van der Waals surface area contributed by atoms with Crippen LogP contribution >= 0.6 is 11.3 Å². The van der Waals surface area contributed by atoms with Gasteiger partial charge in [-0.15, -0.1) is 11.3 Å². The third kappa shape index (κ3) is 2.61. The van der Waals surface area contributed by atoms with E-state index < -0.39 is 10.0 Å². The highest BCUT2D eigenvalue weighted by molar-refractivity contribution is 7.89. The predicted molar refractivity (Wildman–Crippen MR) is 88.6 cm³/mol. The van der Waals surface area contributed by atoms with Crippen molar-refractivity contribution in [3.05, 3.63) is 22.8 Å². The van der Waals surface area contributed by atoms with Gasteiger partial charge in [-0.05, 0) is 32.8 Å². The summed E-state index contributed by atoms with van der Waals surface area (Å²) in [4.78, 5) is 4.90. The lowest BCUT2D eigenvalue weighted by Gasteiger charge is -2.25. The van der Waals surface area contributed by atoms with Crippen molar-refractivity contribution in [3.8, 4) is 10.7 Å². The molecule has 120 valence electrons. The molecule has 1 aliphatic heterocycles. The highest BCUT2D eigenvalue weighted by Crippen LogP contribution is 2.32. The van der Waals surface area contributed by atoms with Crippen LogP contribution in [0.15, 0.2) is 16.3 Å². The summed E-state index contributed by atoms with van der Waals surface area (Å²) in [5.74, 6) is 0. The van der Waals surface area contributed by atoms with Gasteiger partial charge in [0.2, 0.25) is 10.0 Å². The number of aromatic nitrogens is 2. The molecule has 2 aromatic rings. The summed E-state index contributed by atoms with van der Waals surface area (Å²) in [5, 5.41) is 2.85. The van der Waals surface area contributed by atoms with Gasteiger partial charge in [0.05, 0.1) is 5.69 Å². The Morgan fingerprint density at radius 1 is 1.18 bits per heavy atom. The molecule has 1 fully saturated rings. The summed E-state index contributed by atoms with van der Waals surface area (Å²) in [6.07, 6.45) is 3.01. The minimum Gasteiger partial charge on any atom is -0.345 e. The van der Waals surface area contributed by atoms with E-state index in [0.717, 1.165) is 41.4 Å². The summed E-state index contributed by atoms with van der Waals surface area (Å²) in [6, 6.07) is 1.78. The molecule has 0 N–H and O–H groups in total. The third-order valence-corrected chi connectivity index (χ3v) is 7.26. The molecule has 0 radical (unpaired) electrons. The smallest absolute Gasteiger partial charge is 0.244 e. The van der Waals surface area contributed by atoms with Gasteiger partial charge in [-0.25, -0.2) is 13.4 Å². The summed E-state index contributed by atoms with van der Waals surface area (Å²) in [5.41, 5.74) is 2.60. The molecule has 7 heteroatoms. The average molecular weight is 339 g/mol. The number of thiazole rings is 1. The second-order valence-electron chi connectivity index (χ2n) is 5.80. The van der Waals surface area contributed by atoms with Gasteiger partial charge in [0.25, 0.3) is 0 Å². The molecule has 3 rings (SSSR count). The minimum atomic E-state index is -3.41. The molecule has 0 aliphatic carbocycles. The highest BCUT2D eigenvalue weighted by Gasteiger charge is 2.30. The number of hydrogen-bond acceptors (Lipinski definition) is 4. The zero-order valence-electron chi connectivity index (χ0n) is 13.2. The predicted octanol–water partition coefficient (Wildman–Crippen LogP) is 2.94. The fourth-order valence-corrected chi connectivity index (χ4v) is 5.49. The molecular formula is C15H21N3O2S2. The lowest BCUT2D eigenvalue weighted by molar-refractivity contribution is 0.346. The normalized spacial score (nSPS) is 17.0. The first kappa shape index (κ1) is 15.7. The van der Waals surface area contributed by atoms with E-state index >= 15 is 0 Å². The first-order valence-corrected chi connectivity index (χ1v) is 9.82. The van der Waals surface area contributed by atoms with E-state index in [1.54, 1.807) is 21.7 Å². The maximum absolute atomic E-state index is 12.9. The van der Waals surface area contributed by atoms with Crippen molar-refractivity contribution in [2.45, 2.75) is 38.0 Å². The maximum Gasteiger partial charge on any atom is 0.244 e. The topological polar surface area (TPSA) is 55.2 Å². The number of aryl methyl sites for hydroxylation is 1. The number of piperidine rings is 1. The van der Waals surface area contributed by atoms with Crippen LogP contribution in [-0.2, 0) is 17.1 Å². The number of nitrogens with zero attached hydrogens (tertiary/aromatic N) is 3. The molecule has 0 unspecified atom stereocenters. The molecule has 0 bridgehead atoms. The number of sulfonamides is 1. The molecular weight excluding hydrogens is 318 g/mol. The SMILES string of the molecule is Cc1csc(-c2cc(S(=O)(=O)N3CCCCC3)c(C)n2C)n1. The lowest BCUT2D eigenvalue weighted by atomic mass is 10.2. The molecule has 0 atom stereocenters. The average Bonchev–Trinajstić information content (AvgIpc) is 3.05. The Morgan fingerprint density at radius 3 is 2.45 bits per heavy atom. The Hall–Kier alpha value is -1.18. The van der Waals surface area contributed by atoms with Gasteiger partial charge in [0.15, 0.2) is 0 Å².